The van der Waals surface area contributed by atoms with E-state index in [0.717, 1.165) is 0 Å². The van der Waals surface area contributed by atoms with Crippen LogP contribution in [0.5, 0.6) is 0 Å². The van der Waals surface area contributed by atoms with Gasteiger partial charge in [-0.3, -0.25) is 29.6 Å². The topological polar surface area (TPSA) is 114 Å². The monoisotopic (exact) mass is 401 g/mol. The molecule has 3 aromatic rings. The number of non-ortho nitro benzene ring substituents is 1. The van der Waals surface area contributed by atoms with Crippen molar-refractivity contribution in [1.29, 1.82) is 0 Å². The fourth-order valence-electron chi connectivity index (χ4n) is 3.44. The molecule has 0 radical (unpaired) electrons. The Bertz CT molecular complexity index is 1160. The number of nitro benzene ring substituents is 1. The Morgan fingerprint density at radius 2 is 1.70 bits per heavy atom. The van der Waals surface area contributed by atoms with Crippen LogP contribution in [0.25, 0.3) is 5.76 Å². The maximum atomic E-state index is 12.9. The molecule has 1 unspecified atom stereocenters. The summed E-state index contributed by atoms with van der Waals surface area (Å²) in [5, 5.41) is 21.9. The van der Waals surface area contributed by atoms with Crippen LogP contribution in [0.15, 0.2) is 84.7 Å². The molecule has 1 N–H and O–H groups in total. The van der Waals surface area contributed by atoms with E-state index in [4.69, 9.17) is 0 Å². The van der Waals surface area contributed by atoms with Crippen LogP contribution in [-0.2, 0) is 9.59 Å². The first-order chi connectivity index (χ1) is 14.5. The molecular weight excluding hydrogens is 386 g/mol. The summed E-state index contributed by atoms with van der Waals surface area (Å²) in [7, 11) is 0. The first-order valence-electron chi connectivity index (χ1n) is 9.00. The number of anilines is 1. The van der Waals surface area contributed by atoms with E-state index < -0.39 is 22.7 Å². The van der Waals surface area contributed by atoms with Crippen molar-refractivity contribution in [2.24, 2.45) is 0 Å². The molecule has 8 nitrogen and oxygen atoms in total. The SMILES string of the molecule is O=C1C(=O)N(c2cccnc2)C(c2ccc([N+](=O)[O-])cc2)C1=C(O)c1ccccc1. The quantitative estimate of drug-likeness (QED) is 0.235. The van der Waals surface area contributed by atoms with Crippen LogP contribution >= 0.6 is 0 Å². The van der Waals surface area contributed by atoms with Gasteiger partial charge in [-0.05, 0) is 29.8 Å². The number of aliphatic hydroxyl groups excluding tert-OH is 1. The molecule has 8 heteroatoms. The minimum atomic E-state index is -0.963. The largest absolute Gasteiger partial charge is 0.507 e. The second kappa shape index (κ2) is 7.59. The van der Waals surface area contributed by atoms with Crippen LogP contribution in [0.1, 0.15) is 17.2 Å². The van der Waals surface area contributed by atoms with Gasteiger partial charge in [-0.25, -0.2) is 0 Å². The summed E-state index contributed by atoms with van der Waals surface area (Å²) < 4.78 is 0. The van der Waals surface area contributed by atoms with E-state index in [1.54, 1.807) is 42.5 Å². The summed E-state index contributed by atoms with van der Waals surface area (Å²) in [5.41, 5.74) is 0.980. The molecule has 1 aliphatic heterocycles. The molecule has 30 heavy (non-hydrogen) atoms. The number of ketones is 1. The average molecular weight is 401 g/mol. The van der Waals surface area contributed by atoms with Crippen LogP contribution in [0.3, 0.4) is 0 Å². The fourth-order valence-corrected chi connectivity index (χ4v) is 3.44. The Labute approximate surface area is 170 Å². The zero-order valence-corrected chi connectivity index (χ0v) is 15.5. The Balaban J connectivity index is 1.93. The van der Waals surface area contributed by atoms with Gasteiger partial charge in [-0.15, -0.1) is 0 Å². The number of Topliss-reactive ketones (excluding diaryl/α,β-unsaturated/α-hetero) is 1. The summed E-state index contributed by atoms with van der Waals surface area (Å²) in [4.78, 5) is 41.6. The molecule has 1 aliphatic rings. The third-order valence-corrected chi connectivity index (χ3v) is 4.84. The number of aliphatic hydroxyl groups is 1. The van der Waals surface area contributed by atoms with Crippen molar-refractivity contribution in [3.63, 3.8) is 0 Å². The normalized spacial score (nSPS) is 17.9. The number of nitro groups is 1. The molecule has 1 fully saturated rings. The first kappa shape index (κ1) is 19.0. The lowest BCUT2D eigenvalue weighted by atomic mass is 9.95. The van der Waals surface area contributed by atoms with Crippen molar-refractivity contribution in [2.75, 3.05) is 4.90 Å². The summed E-state index contributed by atoms with van der Waals surface area (Å²) in [6.07, 6.45) is 2.97. The van der Waals surface area contributed by atoms with Gasteiger partial charge < -0.3 is 5.11 Å². The zero-order chi connectivity index (χ0) is 21.3. The number of hydrogen-bond donors (Lipinski definition) is 1. The van der Waals surface area contributed by atoms with E-state index in [1.807, 2.05) is 0 Å². The number of rotatable bonds is 4. The van der Waals surface area contributed by atoms with Crippen LogP contribution in [0.4, 0.5) is 11.4 Å². The van der Waals surface area contributed by atoms with Crippen molar-refractivity contribution in [3.8, 4) is 0 Å². The van der Waals surface area contributed by atoms with E-state index in [-0.39, 0.29) is 17.0 Å². The summed E-state index contributed by atoms with van der Waals surface area (Å²) in [5.74, 6) is -1.98. The number of hydrogen-bond acceptors (Lipinski definition) is 6. The fraction of sp³-hybridized carbons (Fsp3) is 0.0455. The molecule has 1 saturated heterocycles. The lowest BCUT2D eigenvalue weighted by Gasteiger charge is -2.25. The molecule has 148 valence electrons. The predicted octanol–water partition coefficient (Wildman–Crippen LogP) is 3.62. The van der Waals surface area contributed by atoms with Gasteiger partial charge in [0, 0.05) is 23.9 Å². The van der Waals surface area contributed by atoms with Gasteiger partial charge in [0.2, 0.25) is 0 Å². The Morgan fingerprint density at radius 3 is 2.30 bits per heavy atom. The molecule has 0 aliphatic carbocycles. The van der Waals surface area contributed by atoms with Gasteiger partial charge in [0.15, 0.2) is 0 Å². The summed E-state index contributed by atoms with van der Waals surface area (Å²) >= 11 is 0. The van der Waals surface area contributed by atoms with Crippen molar-refractivity contribution < 1.29 is 19.6 Å². The minimum absolute atomic E-state index is 0.0936. The van der Waals surface area contributed by atoms with Crippen LogP contribution in [-0.4, -0.2) is 26.7 Å². The minimum Gasteiger partial charge on any atom is -0.507 e. The number of aromatic nitrogens is 1. The molecule has 2 heterocycles. The van der Waals surface area contributed by atoms with Crippen molar-refractivity contribution in [3.05, 3.63) is 106 Å². The highest BCUT2D eigenvalue weighted by molar-refractivity contribution is 6.51. The lowest BCUT2D eigenvalue weighted by molar-refractivity contribution is -0.384. The number of nitrogens with zero attached hydrogens (tertiary/aromatic N) is 3. The lowest BCUT2D eigenvalue weighted by Crippen LogP contribution is -2.29. The standard InChI is InChI=1S/C22H15N3O5/c26-20(15-5-2-1-3-6-15)18-19(14-8-10-16(11-9-14)25(29)30)24(22(28)21(18)27)17-7-4-12-23-13-17/h1-13,19,26H. The van der Waals surface area contributed by atoms with E-state index in [2.05, 4.69) is 4.98 Å². The van der Waals surface area contributed by atoms with E-state index >= 15 is 0 Å². The Kier molecular flexibility index (Phi) is 4.81. The van der Waals surface area contributed by atoms with E-state index in [0.29, 0.717) is 16.8 Å². The van der Waals surface area contributed by atoms with Crippen molar-refractivity contribution in [2.45, 2.75) is 6.04 Å². The molecule has 1 amide bonds. The van der Waals surface area contributed by atoms with E-state index in [9.17, 15) is 24.8 Å². The summed E-state index contributed by atoms with van der Waals surface area (Å²) in [6.45, 7) is 0. The Hall–Kier alpha value is -4.33. The van der Waals surface area contributed by atoms with Gasteiger partial charge in [-0.2, -0.15) is 0 Å². The van der Waals surface area contributed by atoms with Gasteiger partial charge in [0.1, 0.15) is 5.76 Å². The van der Waals surface area contributed by atoms with E-state index in [1.165, 1.54) is 41.6 Å². The molecular formula is C22H15N3O5. The van der Waals surface area contributed by atoms with Crippen molar-refractivity contribution >= 4 is 28.8 Å². The molecule has 2 aromatic carbocycles. The van der Waals surface area contributed by atoms with Crippen LogP contribution in [0.2, 0.25) is 0 Å². The van der Waals surface area contributed by atoms with Gasteiger partial charge in [0.05, 0.1) is 28.4 Å². The second-order valence-corrected chi connectivity index (χ2v) is 6.59. The number of pyridine rings is 1. The maximum absolute atomic E-state index is 12.9. The predicted molar refractivity (Wildman–Crippen MR) is 109 cm³/mol. The van der Waals surface area contributed by atoms with Gasteiger partial charge >= 0.3 is 0 Å². The zero-order valence-electron chi connectivity index (χ0n) is 15.5. The van der Waals surface area contributed by atoms with Gasteiger partial charge in [-0.1, -0.05) is 30.3 Å². The highest BCUT2D eigenvalue weighted by atomic mass is 16.6. The van der Waals surface area contributed by atoms with Crippen LogP contribution < -0.4 is 4.90 Å². The molecule has 0 saturated carbocycles. The van der Waals surface area contributed by atoms with Crippen molar-refractivity contribution in [1.82, 2.24) is 4.98 Å². The number of amides is 1. The van der Waals surface area contributed by atoms with Crippen LogP contribution in [0, 0.1) is 10.1 Å². The molecule has 0 bridgehead atoms. The smallest absolute Gasteiger partial charge is 0.300 e. The molecule has 0 spiro atoms. The summed E-state index contributed by atoms with van der Waals surface area (Å²) in [6, 6.07) is 16.2. The highest BCUT2D eigenvalue weighted by Crippen LogP contribution is 2.42. The third kappa shape index (κ3) is 3.20. The highest BCUT2D eigenvalue weighted by Gasteiger charge is 2.47. The second-order valence-electron chi connectivity index (χ2n) is 6.59. The first-order valence-corrected chi connectivity index (χ1v) is 9.00. The Morgan fingerprint density at radius 1 is 1.00 bits per heavy atom. The molecule has 4 rings (SSSR count). The number of carbonyl (C=O) groups excluding carboxylic acids is 2. The average Bonchev–Trinajstić information content (AvgIpc) is 3.05. The third-order valence-electron chi connectivity index (χ3n) is 4.84. The number of benzene rings is 2. The maximum Gasteiger partial charge on any atom is 0.300 e. The molecule has 1 atom stereocenters. The molecule has 1 aromatic heterocycles. The number of carbonyl (C=O) groups is 2. The van der Waals surface area contributed by atoms with Gasteiger partial charge in [0.25, 0.3) is 17.4 Å².